The molecule has 7 heteroatoms. The van der Waals surface area contributed by atoms with Gasteiger partial charge in [0.25, 0.3) is 0 Å². The first-order chi connectivity index (χ1) is 16.1. The van der Waals surface area contributed by atoms with Gasteiger partial charge in [-0.25, -0.2) is 4.98 Å². The Morgan fingerprint density at radius 2 is 1.85 bits per heavy atom. The Kier molecular flexibility index (Phi) is 8.34. The molecule has 0 aliphatic carbocycles. The van der Waals surface area contributed by atoms with Gasteiger partial charge >= 0.3 is 0 Å². The van der Waals surface area contributed by atoms with E-state index >= 15 is 0 Å². The predicted octanol–water partition coefficient (Wildman–Crippen LogP) is 4.82. The second-order valence-corrected chi connectivity index (χ2v) is 10.7. The van der Waals surface area contributed by atoms with Crippen molar-refractivity contribution in [3.63, 3.8) is 0 Å². The van der Waals surface area contributed by atoms with Crippen LogP contribution in [0, 0.1) is 11.8 Å². The minimum absolute atomic E-state index is 0.0785. The van der Waals surface area contributed by atoms with Crippen molar-refractivity contribution in [1.82, 2.24) is 19.4 Å². The van der Waals surface area contributed by atoms with Crippen molar-refractivity contribution < 1.29 is 9.59 Å². The number of piperidine rings is 2. The summed E-state index contributed by atoms with van der Waals surface area (Å²) >= 11 is 1.55. The zero-order chi connectivity index (χ0) is 23.2. The third-order valence-corrected chi connectivity index (χ3v) is 8.06. The van der Waals surface area contributed by atoms with E-state index in [1.165, 1.54) is 19.3 Å². The number of unbranched alkanes of at least 4 members (excludes halogenated alkanes) is 2. The monoisotopic (exact) mass is 470 g/mol. The Labute approximate surface area is 202 Å². The average Bonchev–Trinajstić information content (AvgIpc) is 3.20. The Bertz CT molecular complexity index is 951. The second-order valence-electron chi connectivity index (χ2n) is 9.72. The molecule has 0 spiro atoms. The number of para-hydroxylation sites is 2. The molecular weight excluding hydrogens is 432 g/mol. The van der Waals surface area contributed by atoms with Crippen molar-refractivity contribution in [3.05, 3.63) is 24.3 Å². The molecule has 2 fully saturated rings. The number of nitrogens with zero attached hydrogens (tertiary/aromatic N) is 4. The maximum atomic E-state index is 13.0. The van der Waals surface area contributed by atoms with Crippen molar-refractivity contribution in [3.8, 4) is 0 Å². The van der Waals surface area contributed by atoms with E-state index in [9.17, 15) is 9.59 Å². The summed E-state index contributed by atoms with van der Waals surface area (Å²) in [5.74, 6) is 1.55. The van der Waals surface area contributed by atoms with E-state index in [-0.39, 0.29) is 11.8 Å². The van der Waals surface area contributed by atoms with Gasteiger partial charge < -0.3 is 14.4 Å². The first-order valence-corrected chi connectivity index (χ1v) is 13.7. The fourth-order valence-corrected chi connectivity index (χ4v) is 6.08. The lowest BCUT2D eigenvalue weighted by molar-refractivity contribution is -0.141. The molecule has 2 saturated heterocycles. The number of carbonyl (C=O) groups is 2. The molecule has 1 aromatic heterocycles. The smallest absolute Gasteiger partial charge is 0.233 e. The highest BCUT2D eigenvalue weighted by Crippen LogP contribution is 2.27. The first kappa shape index (κ1) is 24.1. The fraction of sp³-hybridized carbons (Fsp3) is 0.654. The quantitative estimate of drug-likeness (QED) is 0.410. The maximum Gasteiger partial charge on any atom is 0.233 e. The summed E-state index contributed by atoms with van der Waals surface area (Å²) in [7, 11) is 0. The van der Waals surface area contributed by atoms with Gasteiger partial charge in [-0.2, -0.15) is 0 Å². The third-order valence-electron chi connectivity index (χ3n) is 7.10. The van der Waals surface area contributed by atoms with Crippen LogP contribution in [-0.2, 0) is 16.1 Å². The van der Waals surface area contributed by atoms with E-state index in [0.29, 0.717) is 30.7 Å². The van der Waals surface area contributed by atoms with Crippen LogP contribution in [-0.4, -0.2) is 63.1 Å². The number of hydrogen-bond acceptors (Lipinski definition) is 4. The highest BCUT2D eigenvalue weighted by atomic mass is 32.2. The molecule has 2 aliphatic heterocycles. The predicted molar refractivity (Wildman–Crippen MR) is 134 cm³/mol. The van der Waals surface area contributed by atoms with Gasteiger partial charge in [0.05, 0.1) is 16.8 Å². The number of rotatable bonds is 8. The lowest BCUT2D eigenvalue weighted by atomic mass is 9.93. The molecule has 4 rings (SSSR count). The van der Waals surface area contributed by atoms with Crippen LogP contribution in [0.25, 0.3) is 11.0 Å². The van der Waals surface area contributed by atoms with E-state index in [2.05, 4.69) is 35.4 Å². The van der Waals surface area contributed by atoms with E-state index in [0.717, 1.165) is 61.5 Å². The number of imidazole rings is 1. The van der Waals surface area contributed by atoms with Crippen molar-refractivity contribution in [2.75, 3.05) is 31.9 Å². The van der Waals surface area contributed by atoms with Crippen LogP contribution in [0.3, 0.4) is 0 Å². The molecule has 0 saturated carbocycles. The Morgan fingerprint density at radius 3 is 2.61 bits per heavy atom. The third kappa shape index (κ3) is 5.92. The standard InChI is InChI=1S/C26H38N4O2S/c1-3-4-7-15-30-23-11-6-5-10-22(23)27-26(30)33-19-24(31)28-16-12-21(13-17-28)25(32)29-14-8-9-20(2)18-29/h5-6,10-11,20-21H,3-4,7-9,12-19H2,1-2H3. The van der Waals surface area contributed by atoms with E-state index in [4.69, 9.17) is 4.98 Å². The molecule has 0 radical (unpaired) electrons. The van der Waals surface area contributed by atoms with Crippen LogP contribution in [0.15, 0.2) is 29.4 Å². The lowest BCUT2D eigenvalue weighted by Gasteiger charge is -2.37. The van der Waals surface area contributed by atoms with Crippen molar-refractivity contribution in [2.45, 2.75) is 70.5 Å². The van der Waals surface area contributed by atoms with Crippen molar-refractivity contribution in [2.24, 2.45) is 11.8 Å². The van der Waals surface area contributed by atoms with Gasteiger partial charge in [0, 0.05) is 38.6 Å². The van der Waals surface area contributed by atoms with Gasteiger partial charge in [0.2, 0.25) is 11.8 Å². The van der Waals surface area contributed by atoms with Crippen LogP contribution in [0.2, 0.25) is 0 Å². The minimum Gasteiger partial charge on any atom is -0.342 e. The molecule has 180 valence electrons. The highest BCUT2D eigenvalue weighted by molar-refractivity contribution is 7.99. The van der Waals surface area contributed by atoms with Crippen molar-refractivity contribution >= 4 is 34.6 Å². The molecule has 2 aromatic rings. The van der Waals surface area contributed by atoms with Gasteiger partial charge in [0.1, 0.15) is 0 Å². The minimum atomic E-state index is 0.0785. The summed E-state index contributed by atoms with van der Waals surface area (Å²) < 4.78 is 2.27. The number of fused-ring (bicyclic) bond motifs is 1. The van der Waals surface area contributed by atoms with Crippen LogP contribution in [0.5, 0.6) is 0 Å². The molecular formula is C26H38N4O2S. The van der Waals surface area contributed by atoms with Gasteiger partial charge in [-0.3, -0.25) is 9.59 Å². The summed E-state index contributed by atoms with van der Waals surface area (Å²) in [6.07, 6.45) is 7.41. The fourth-order valence-electron chi connectivity index (χ4n) is 5.14. The van der Waals surface area contributed by atoms with Crippen LogP contribution in [0.1, 0.15) is 58.8 Å². The van der Waals surface area contributed by atoms with E-state index in [1.807, 2.05) is 17.0 Å². The summed E-state index contributed by atoms with van der Waals surface area (Å²) in [6.45, 7) is 8.55. The summed E-state index contributed by atoms with van der Waals surface area (Å²) in [5.41, 5.74) is 2.14. The zero-order valence-corrected chi connectivity index (χ0v) is 21.0. The van der Waals surface area contributed by atoms with E-state index in [1.54, 1.807) is 11.8 Å². The molecule has 33 heavy (non-hydrogen) atoms. The summed E-state index contributed by atoms with van der Waals surface area (Å²) in [4.78, 5) is 34.7. The van der Waals surface area contributed by atoms with Crippen LogP contribution in [0.4, 0.5) is 0 Å². The number of thioether (sulfide) groups is 1. The molecule has 6 nitrogen and oxygen atoms in total. The molecule has 1 aromatic carbocycles. The van der Waals surface area contributed by atoms with Gasteiger partial charge in [0.15, 0.2) is 5.16 Å². The van der Waals surface area contributed by atoms with Crippen LogP contribution < -0.4 is 0 Å². The first-order valence-electron chi connectivity index (χ1n) is 12.7. The molecule has 2 aliphatic rings. The van der Waals surface area contributed by atoms with Crippen LogP contribution >= 0.6 is 11.8 Å². The number of aryl methyl sites for hydroxylation is 1. The molecule has 0 N–H and O–H groups in total. The zero-order valence-electron chi connectivity index (χ0n) is 20.2. The number of likely N-dealkylation sites (tertiary alicyclic amines) is 2. The summed E-state index contributed by atoms with van der Waals surface area (Å²) in [6, 6.07) is 8.23. The normalized spacial score (nSPS) is 19.9. The Morgan fingerprint density at radius 1 is 1.06 bits per heavy atom. The van der Waals surface area contributed by atoms with Crippen molar-refractivity contribution in [1.29, 1.82) is 0 Å². The second kappa shape index (κ2) is 11.4. The highest BCUT2D eigenvalue weighted by Gasteiger charge is 2.31. The number of amides is 2. The molecule has 1 unspecified atom stereocenters. The number of hydrogen-bond donors (Lipinski definition) is 0. The number of benzene rings is 1. The largest absolute Gasteiger partial charge is 0.342 e. The topological polar surface area (TPSA) is 58.4 Å². The summed E-state index contributed by atoms with van der Waals surface area (Å²) in [5, 5.41) is 0.935. The molecule has 3 heterocycles. The number of aromatic nitrogens is 2. The SMILES string of the molecule is CCCCCn1c(SCC(=O)N2CCC(C(=O)N3CCCC(C)C3)CC2)nc2ccccc21. The number of carbonyl (C=O) groups excluding carboxylic acids is 2. The average molecular weight is 471 g/mol. The lowest BCUT2D eigenvalue weighted by Crippen LogP contribution is -2.47. The van der Waals surface area contributed by atoms with E-state index < -0.39 is 0 Å². The van der Waals surface area contributed by atoms with Gasteiger partial charge in [-0.1, -0.05) is 50.6 Å². The molecule has 0 bridgehead atoms. The van der Waals surface area contributed by atoms with Gasteiger partial charge in [-0.05, 0) is 50.2 Å². The maximum absolute atomic E-state index is 13.0. The Balaban J connectivity index is 1.30. The molecule has 1 atom stereocenters. The Hall–Kier alpha value is -2.02. The molecule has 2 amide bonds. The van der Waals surface area contributed by atoms with Gasteiger partial charge in [-0.15, -0.1) is 0 Å².